The number of hydrogen-bond acceptors (Lipinski definition) is 3. The van der Waals surface area contributed by atoms with Gasteiger partial charge in [0.2, 0.25) is 5.91 Å². The van der Waals surface area contributed by atoms with Gasteiger partial charge in [-0.3, -0.25) is 9.10 Å². The molecule has 0 saturated heterocycles. The molecule has 1 N–H and O–H groups in total. The van der Waals surface area contributed by atoms with Crippen molar-refractivity contribution in [3.63, 3.8) is 0 Å². The van der Waals surface area contributed by atoms with E-state index in [4.69, 9.17) is 11.6 Å². The summed E-state index contributed by atoms with van der Waals surface area (Å²) in [6.45, 7) is 4.80. The molecule has 0 radical (unpaired) electrons. The lowest BCUT2D eigenvalue weighted by Crippen LogP contribution is -2.38. The van der Waals surface area contributed by atoms with Gasteiger partial charge in [-0.25, -0.2) is 8.42 Å². The van der Waals surface area contributed by atoms with Crippen LogP contribution in [0.25, 0.3) is 0 Å². The van der Waals surface area contributed by atoms with Crippen LogP contribution in [0.5, 0.6) is 0 Å². The van der Waals surface area contributed by atoms with Crippen molar-refractivity contribution < 1.29 is 26.4 Å². The first kappa shape index (κ1) is 25.6. The molecule has 0 aliphatic rings. The number of hydrogen-bond donors (Lipinski definition) is 1. The van der Waals surface area contributed by atoms with Gasteiger partial charge < -0.3 is 5.32 Å². The first-order chi connectivity index (χ1) is 15.8. The monoisotopic (exact) mass is 510 g/mol. The van der Waals surface area contributed by atoms with Crippen molar-refractivity contribution in [2.45, 2.75) is 31.8 Å². The summed E-state index contributed by atoms with van der Waals surface area (Å²) < 4.78 is 67.0. The van der Waals surface area contributed by atoms with E-state index in [1.165, 1.54) is 12.1 Å². The molecule has 0 atom stereocenters. The van der Waals surface area contributed by atoms with Crippen molar-refractivity contribution in [2.75, 3.05) is 16.2 Å². The van der Waals surface area contributed by atoms with Crippen LogP contribution in [0.4, 0.5) is 24.5 Å². The van der Waals surface area contributed by atoms with Gasteiger partial charge in [0, 0.05) is 0 Å². The molecule has 0 heterocycles. The second-order valence-corrected chi connectivity index (χ2v) is 10.1. The number of anilines is 2. The minimum atomic E-state index is -4.63. The van der Waals surface area contributed by atoms with Crippen molar-refractivity contribution in [3.8, 4) is 0 Å². The Labute approximate surface area is 201 Å². The lowest BCUT2D eigenvalue weighted by atomic mass is 10.1. The molecule has 3 rings (SSSR count). The zero-order valence-corrected chi connectivity index (χ0v) is 20.1. The molecule has 3 aromatic rings. The Kier molecular flexibility index (Phi) is 7.28. The Morgan fingerprint density at radius 2 is 1.59 bits per heavy atom. The Hall–Kier alpha value is -3.04. The van der Waals surface area contributed by atoms with Gasteiger partial charge in [0.05, 0.1) is 26.9 Å². The number of amides is 1. The van der Waals surface area contributed by atoms with Gasteiger partial charge in [-0.15, -0.1) is 0 Å². The number of nitrogens with zero attached hydrogens (tertiary/aromatic N) is 1. The van der Waals surface area contributed by atoms with E-state index in [2.05, 4.69) is 5.32 Å². The van der Waals surface area contributed by atoms with E-state index < -0.39 is 34.2 Å². The van der Waals surface area contributed by atoms with Crippen LogP contribution in [0.15, 0.2) is 65.6 Å². The Morgan fingerprint density at radius 1 is 0.941 bits per heavy atom. The standard InChI is InChI=1S/C24H22ClF3N2O3S/c1-15-4-9-20(10-5-15)34(32,33)30(19-8-6-16(2)17(3)12-19)14-23(31)29-22-13-18(24(26,27)28)7-11-21(22)25/h4-13H,14H2,1-3H3,(H,29,31). The van der Waals surface area contributed by atoms with Crippen molar-refractivity contribution in [2.24, 2.45) is 0 Å². The fourth-order valence-corrected chi connectivity index (χ4v) is 4.73. The highest BCUT2D eigenvalue weighted by atomic mass is 35.5. The minimum absolute atomic E-state index is 0.0266. The number of benzene rings is 3. The van der Waals surface area contributed by atoms with Crippen molar-refractivity contribution in [1.29, 1.82) is 0 Å². The molecule has 0 spiro atoms. The van der Waals surface area contributed by atoms with Gasteiger partial charge in [0.15, 0.2) is 0 Å². The molecular formula is C24H22ClF3N2O3S. The fraction of sp³-hybridized carbons (Fsp3) is 0.208. The minimum Gasteiger partial charge on any atom is -0.323 e. The topological polar surface area (TPSA) is 66.5 Å². The molecule has 180 valence electrons. The third kappa shape index (κ3) is 5.71. The second-order valence-electron chi connectivity index (χ2n) is 7.83. The smallest absolute Gasteiger partial charge is 0.323 e. The summed E-state index contributed by atoms with van der Waals surface area (Å²) in [5.41, 5.74) is 1.57. The molecule has 34 heavy (non-hydrogen) atoms. The predicted octanol–water partition coefficient (Wildman–Crippen LogP) is 6.12. The predicted molar refractivity (Wildman–Crippen MR) is 127 cm³/mol. The van der Waals surface area contributed by atoms with Gasteiger partial charge in [0.25, 0.3) is 10.0 Å². The molecule has 0 unspecified atom stereocenters. The third-order valence-electron chi connectivity index (χ3n) is 5.24. The molecular weight excluding hydrogens is 489 g/mol. The van der Waals surface area contributed by atoms with E-state index in [0.29, 0.717) is 6.07 Å². The average molecular weight is 511 g/mol. The van der Waals surface area contributed by atoms with Crippen LogP contribution in [-0.4, -0.2) is 20.9 Å². The highest BCUT2D eigenvalue weighted by Gasteiger charge is 2.32. The maximum Gasteiger partial charge on any atom is 0.416 e. The summed E-state index contributed by atoms with van der Waals surface area (Å²) in [5, 5.41) is 2.19. The third-order valence-corrected chi connectivity index (χ3v) is 7.36. The molecule has 10 heteroatoms. The number of nitrogens with one attached hydrogen (secondary N) is 1. The average Bonchev–Trinajstić information content (AvgIpc) is 2.75. The largest absolute Gasteiger partial charge is 0.416 e. The summed E-state index contributed by atoms with van der Waals surface area (Å²) in [5.74, 6) is -0.852. The summed E-state index contributed by atoms with van der Waals surface area (Å²) in [7, 11) is -4.17. The second kappa shape index (κ2) is 9.68. The van der Waals surface area contributed by atoms with E-state index in [-0.39, 0.29) is 21.3 Å². The van der Waals surface area contributed by atoms with Crippen LogP contribution in [0.2, 0.25) is 5.02 Å². The number of carbonyl (C=O) groups excluding carboxylic acids is 1. The van der Waals surface area contributed by atoms with Gasteiger partial charge >= 0.3 is 6.18 Å². The number of sulfonamides is 1. The van der Waals surface area contributed by atoms with Crippen molar-refractivity contribution >= 4 is 38.9 Å². The molecule has 0 fully saturated rings. The summed E-state index contributed by atoms with van der Waals surface area (Å²) in [6.07, 6.45) is -4.63. The molecule has 0 aliphatic heterocycles. The number of halogens is 4. The number of carbonyl (C=O) groups is 1. The SMILES string of the molecule is Cc1ccc(S(=O)(=O)N(CC(=O)Nc2cc(C(F)(F)F)ccc2Cl)c2ccc(C)c(C)c2)cc1. The highest BCUT2D eigenvalue weighted by Crippen LogP contribution is 2.34. The van der Waals surface area contributed by atoms with Crippen LogP contribution >= 0.6 is 11.6 Å². The fourth-order valence-electron chi connectivity index (χ4n) is 3.15. The number of rotatable bonds is 6. The summed E-state index contributed by atoms with van der Waals surface area (Å²) >= 11 is 5.97. The van der Waals surface area contributed by atoms with E-state index >= 15 is 0 Å². The molecule has 3 aromatic carbocycles. The van der Waals surface area contributed by atoms with Gasteiger partial charge in [-0.2, -0.15) is 13.2 Å². The maximum atomic E-state index is 13.5. The number of aryl methyl sites for hydroxylation is 3. The van der Waals surface area contributed by atoms with Crippen LogP contribution in [0.1, 0.15) is 22.3 Å². The normalized spacial score (nSPS) is 11.9. The maximum absolute atomic E-state index is 13.5. The zero-order valence-electron chi connectivity index (χ0n) is 18.6. The zero-order chi connectivity index (χ0) is 25.3. The first-order valence-corrected chi connectivity index (χ1v) is 11.9. The van der Waals surface area contributed by atoms with E-state index in [0.717, 1.165) is 33.1 Å². The van der Waals surface area contributed by atoms with Crippen molar-refractivity contribution in [1.82, 2.24) is 0 Å². The highest BCUT2D eigenvalue weighted by molar-refractivity contribution is 7.92. The van der Waals surface area contributed by atoms with E-state index in [9.17, 15) is 26.4 Å². The van der Waals surface area contributed by atoms with Crippen LogP contribution in [0, 0.1) is 20.8 Å². The van der Waals surface area contributed by atoms with Crippen LogP contribution in [-0.2, 0) is 21.0 Å². The molecule has 1 amide bonds. The number of alkyl halides is 3. The summed E-state index contributed by atoms with van der Waals surface area (Å²) in [4.78, 5) is 12.8. The van der Waals surface area contributed by atoms with Crippen LogP contribution < -0.4 is 9.62 Å². The molecule has 0 saturated carbocycles. The quantitative estimate of drug-likeness (QED) is 0.434. The lowest BCUT2D eigenvalue weighted by Gasteiger charge is -2.25. The van der Waals surface area contributed by atoms with Crippen LogP contribution in [0.3, 0.4) is 0 Å². The molecule has 0 bridgehead atoms. The lowest BCUT2D eigenvalue weighted by molar-refractivity contribution is -0.137. The van der Waals surface area contributed by atoms with Gasteiger partial charge in [0.1, 0.15) is 6.54 Å². The first-order valence-electron chi connectivity index (χ1n) is 10.1. The molecule has 5 nitrogen and oxygen atoms in total. The molecule has 0 aromatic heterocycles. The van der Waals surface area contributed by atoms with Crippen molar-refractivity contribution in [3.05, 3.63) is 87.9 Å². The van der Waals surface area contributed by atoms with E-state index in [1.807, 2.05) is 13.8 Å². The van der Waals surface area contributed by atoms with E-state index in [1.54, 1.807) is 37.3 Å². The van der Waals surface area contributed by atoms with Gasteiger partial charge in [-0.1, -0.05) is 35.4 Å². The Morgan fingerprint density at radius 3 is 2.18 bits per heavy atom. The van der Waals surface area contributed by atoms with Gasteiger partial charge in [-0.05, 0) is 74.4 Å². The Balaban J connectivity index is 1.98. The Bertz CT molecular complexity index is 1320. The molecule has 0 aliphatic carbocycles. The summed E-state index contributed by atoms with van der Waals surface area (Å²) in [6, 6.07) is 13.6.